The smallest absolute Gasteiger partial charge is 0.432 e. The first-order chi connectivity index (χ1) is 13.2. The number of amides is 1. The lowest BCUT2D eigenvalue weighted by atomic mass is 10.1. The van der Waals surface area contributed by atoms with Crippen molar-refractivity contribution in [2.45, 2.75) is 12.8 Å². The van der Waals surface area contributed by atoms with Gasteiger partial charge in [-0.3, -0.25) is 9.78 Å². The van der Waals surface area contributed by atoms with E-state index < -0.39 is 35.7 Å². The average molecular weight is 418 g/mol. The summed E-state index contributed by atoms with van der Waals surface area (Å²) in [6.45, 7) is -3.28. The van der Waals surface area contributed by atoms with Crippen LogP contribution in [-0.2, 0) is 6.18 Å². The fourth-order valence-corrected chi connectivity index (χ4v) is 2.57. The monoisotopic (exact) mass is 417 g/mol. The Balaban J connectivity index is 2.10. The van der Waals surface area contributed by atoms with E-state index in [4.69, 9.17) is 11.6 Å². The standard InChI is InChI=1S/C17H9ClF5N3O2/c18-10-7-24-6-5-11(10)25-15(27)9-1-3-12(28-16(19)20)14-8(9)2-4-13(26-14)17(21,22)23/h1-7,16H,(H,24,25,27). The van der Waals surface area contributed by atoms with Gasteiger partial charge in [-0.25, -0.2) is 4.98 Å². The van der Waals surface area contributed by atoms with Gasteiger partial charge in [-0.1, -0.05) is 11.6 Å². The number of carbonyl (C=O) groups excluding carboxylic acids is 1. The zero-order chi connectivity index (χ0) is 20.5. The molecular formula is C17H9ClF5N3O2. The van der Waals surface area contributed by atoms with E-state index in [1.54, 1.807) is 0 Å². The number of ether oxygens (including phenoxy) is 1. The molecule has 0 aliphatic carbocycles. The van der Waals surface area contributed by atoms with Gasteiger partial charge in [0.05, 0.1) is 10.7 Å². The Morgan fingerprint density at radius 1 is 1.14 bits per heavy atom. The first kappa shape index (κ1) is 19.7. The van der Waals surface area contributed by atoms with Crippen molar-refractivity contribution in [3.63, 3.8) is 0 Å². The number of halogens is 6. The Labute approximate surface area is 159 Å². The third kappa shape index (κ3) is 4.11. The zero-order valence-electron chi connectivity index (χ0n) is 13.6. The van der Waals surface area contributed by atoms with E-state index >= 15 is 0 Å². The highest BCUT2D eigenvalue weighted by molar-refractivity contribution is 6.33. The molecule has 0 aliphatic rings. The fraction of sp³-hybridized carbons (Fsp3) is 0.118. The first-order valence-electron chi connectivity index (χ1n) is 7.53. The average Bonchev–Trinajstić information content (AvgIpc) is 2.62. The molecule has 2 aromatic heterocycles. The van der Waals surface area contributed by atoms with Crippen molar-refractivity contribution >= 4 is 34.1 Å². The highest BCUT2D eigenvalue weighted by Crippen LogP contribution is 2.34. The summed E-state index contributed by atoms with van der Waals surface area (Å²) < 4.78 is 68.3. The Morgan fingerprint density at radius 3 is 2.54 bits per heavy atom. The maximum Gasteiger partial charge on any atom is 0.433 e. The SMILES string of the molecule is O=C(Nc1ccncc1Cl)c1ccc(OC(F)F)c2nc(C(F)(F)F)ccc12. The maximum absolute atomic E-state index is 12.9. The summed E-state index contributed by atoms with van der Waals surface area (Å²) in [5, 5.41) is 2.51. The number of pyridine rings is 2. The van der Waals surface area contributed by atoms with Gasteiger partial charge in [-0.05, 0) is 30.3 Å². The van der Waals surface area contributed by atoms with Crippen LogP contribution in [0.2, 0.25) is 5.02 Å². The minimum atomic E-state index is -4.81. The molecule has 0 atom stereocenters. The van der Waals surface area contributed by atoms with Gasteiger partial charge in [-0.15, -0.1) is 0 Å². The number of hydrogen-bond donors (Lipinski definition) is 1. The molecule has 0 fully saturated rings. The second-order valence-electron chi connectivity index (χ2n) is 5.39. The fourth-order valence-electron chi connectivity index (χ4n) is 2.41. The lowest BCUT2D eigenvalue weighted by Gasteiger charge is -2.14. The number of aromatic nitrogens is 2. The number of alkyl halides is 5. The third-order valence-electron chi connectivity index (χ3n) is 3.59. The van der Waals surface area contributed by atoms with Crippen molar-refractivity contribution in [3.05, 3.63) is 59.0 Å². The summed E-state index contributed by atoms with van der Waals surface area (Å²) in [7, 11) is 0. The van der Waals surface area contributed by atoms with Crippen LogP contribution in [0.1, 0.15) is 16.1 Å². The molecule has 0 aliphatic heterocycles. The quantitative estimate of drug-likeness (QED) is 0.596. The molecule has 28 heavy (non-hydrogen) atoms. The van der Waals surface area contributed by atoms with Crippen LogP contribution in [0.5, 0.6) is 5.75 Å². The third-order valence-corrected chi connectivity index (χ3v) is 3.89. The van der Waals surface area contributed by atoms with E-state index in [1.165, 1.54) is 18.5 Å². The van der Waals surface area contributed by atoms with Crippen LogP contribution < -0.4 is 10.1 Å². The second kappa shape index (κ2) is 7.55. The molecule has 5 nitrogen and oxygen atoms in total. The van der Waals surface area contributed by atoms with E-state index in [1.807, 2.05) is 0 Å². The lowest BCUT2D eigenvalue weighted by molar-refractivity contribution is -0.140. The number of carbonyl (C=O) groups is 1. The van der Waals surface area contributed by atoms with Crippen molar-refractivity contribution < 1.29 is 31.5 Å². The molecule has 0 radical (unpaired) electrons. The summed E-state index contributed by atoms with van der Waals surface area (Å²) in [6, 6.07) is 5.11. The van der Waals surface area contributed by atoms with Gasteiger partial charge in [0.2, 0.25) is 0 Å². The summed E-state index contributed by atoms with van der Waals surface area (Å²) >= 11 is 5.91. The first-order valence-corrected chi connectivity index (χ1v) is 7.91. The summed E-state index contributed by atoms with van der Waals surface area (Å²) in [5.41, 5.74) is -1.73. The van der Waals surface area contributed by atoms with Crippen LogP contribution in [0.4, 0.5) is 27.6 Å². The molecule has 0 spiro atoms. The Hall–Kier alpha value is -3.01. The number of fused-ring (bicyclic) bond motifs is 1. The molecule has 1 amide bonds. The van der Waals surface area contributed by atoms with Crippen LogP contribution in [0, 0.1) is 0 Å². The Morgan fingerprint density at radius 2 is 1.89 bits per heavy atom. The van der Waals surface area contributed by atoms with Gasteiger partial charge in [-0.2, -0.15) is 22.0 Å². The predicted molar refractivity (Wildman–Crippen MR) is 90.6 cm³/mol. The molecule has 0 saturated carbocycles. The molecule has 11 heteroatoms. The largest absolute Gasteiger partial charge is 0.433 e. The summed E-state index contributed by atoms with van der Waals surface area (Å²) in [4.78, 5) is 19.7. The van der Waals surface area contributed by atoms with E-state index in [0.717, 1.165) is 18.2 Å². The second-order valence-corrected chi connectivity index (χ2v) is 5.80. The molecule has 0 unspecified atom stereocenters. The number of anilines is 1. The minimum absolute atomic E-state index is 0.103. The molecule has 1 N–H and O–H groups in total. The summed E-state index contributed by atoms with van der Waals surface area (Å²) in [5.74, 6) is -1.32. The van der Waals surface area contributed by atoms with E-state index in [0.29, 0.717) is 6.07 Å². The van der Waals surface area contributed by atoms with Crippen molar-refractivity contribution in [2.24, 2.45) is 0 Å². The van der Waals surface area contributed by atoms with E-state index in [9.17, 15) is 26.7 Å². The molecule has 0 bridgehead atoms. The normalized spacial score (nSPS) is 11.7. The van der Waals surface area contributed by atoms with Gasteiger partial charge in [0.1, 0.15) is 11.2 Å². The number of benzene rings is 1. The number of rotatable bonds is 4. The highest BCUT2D eigenvalue weighted by Gasteiger charge is 2.33. The number of hydrogen-bond acceptors (Lipinski definition) is 4. The molecule has 3 aromatic rings. The van der Waals surface area contributed by atoms with Gasteiger partial charge in [0.25, 0.3) is 5.91 Å². The predicted octanol–water partition coefficient (Wildman–Crippen LogP) is 5.16. The van der Waals surface area contributed by atoms with E-state index in [2.05, 4.69) is 20.0 Å². The van der Waals surface area contributed by atoms with Gasteiger partial charge in [0.15, 0.2) is 5.75 Å². The minimum Gasteiger partial charge on any atom is -0.432 e. The van der Waals surface area contributed by atoms with Crippen LogP contribution in [-0.4, -0.2) is 22.5 Å². The van der Waals surface area contributed by atoms with Crippen molar-refractivity contribution in [3.8, 4) is 5.75 Å². The van der Waals surface area contributed by atoms with Gasteiger partial charge < -0.3 is 10.1 Å². The Bertz CT molecular complexity index is 1040. The lowest BCUT2D eigenvalue weighted by Crippen LogP contribution is -2.14. The number of nitrogens with zero attached hydrogens (tertiary/aromatic N) is 2. The molecule has 146 valence electrons. The van der Waals surface area contributed by atoms with Crippen LogP contribution in [0.3, 0.4) is 0 Å². The van der Waals surface area contributed by atoms with Crippen LogP contribution in [0.15, 0.2) is 42.7 Å². The summed E-state index contributed by atoms with van der Waals surface area (Å²) in [6.07, 6.45) is -2.15. The topological polar surface area (TPSA) is 64.1 Å². The zero-order valence-corrected chi connectivity index (χ0v) is 14.4. The van der Waals surface area contributed by atoms with Crippen molar-refractivity contribution in [1.29, 1.82) is 0 Å². The van der Waals surface area contributed by atoms with Crippen molar-refractivity contribution in [1.82, 2.24) is 9.97 Å². The number of nitrogens with one attached hydrogen (secondary N) is 1. The molecule has 3 rings (SSSR count). The van der Waals surface area contributed by atoms with Crippen LogP contribution >= 0.6 is 11.6 Å². The molecule has 1 aromatic carbocycles. The molecule has 2 heterocycles. The maximum atomic E-state index is 12.9. The van der Waals surface area contributed by atoms with Crippen molar-refractivity contribution in [2.75, 3.05) is 5.32 Å². The highest BCUT2D eigenvalue weighted by atomic mass is 35.5. The van der Waals surface area contributed by atoms with Crippen LogP contribution in [0.25, 0.3) is 10.9 Å². The van der Waals surface area contributed by atoms with Gasteiger partial charge >= 0.3 is 12.8 Å². The molecule has 0 saturated heterocycles. The Kier molecular flexibility index (Phi) is 5.32. The van der Waals surface area contributed by atoms with Gasteiger partial charge in [0, 0.05) is 23.3 Å². The molecular weight excluding hydrogens is 409 g/mol. The van der Waals surface area contributed by atoms with E-state index in [-0.39, 0.29) is 21.7 Å².